The van der Waals surface area contributed by atoms with E-state index in [2.05, 4.69) is 39.7 Å². The summed E-state index contributed by atoms with van der Waals surface area (Å²) >= 11 is 0. The Morgan fingerprint density at radius 1 is 0.973 bits per heavy atom. The lowest BCUT2D eigenvalue weighted by Crippen LogP contribution is -2.66. The molecule has 1 aliphatic heterocycles. The Kier molecular flexibility index (Phi) is 7.07. The average Bonchev–Trinajstić information content (AvgIpc) is 3.42. The average molecular weight is 498 g/mol. The number of hydrogen-bond acceptors (Lipinski definition) is 2. The Hall–Kier alpha value is -4.52. The fourth-order valence-electron chi connectivity index (χ4n) is 4.57. The Morgan fingerprint density at radius 2 is 1.68 bits per heavy atom. The molecule has 0 spiro atoms. The Labute approximate surface area is 216 Å². The quantitative estimate of drug-likeness (QED) is 0.360. The number of ether oxygens (including phenoxy) is 1. The first-order valence-corrected chi connectivity index (χ1v) is 12.1. The molecular weight excluding hydrogens is 464 g/mol. The van der Waals surface area contributed by atoms with Crippen molar-refractivity contribution >= 4 is 42.6 Å². The van der Waals surface area contributed by atoms with E-state index in [1.165, 1.54) is 0 Å². The normalized spacial score (nSPS) is 12.7. The number of hydrogen-bond donors (Lipinski definition) is 5. The Bertz CT molecular complexity index is 1620. The van der Waals surface area contributed by atoms with Gasteiger partial charge in [0.15, 0.2) is 6.21 Å². The molecule has 190 valence electrons. The maximum absolute atomic E-state index is 11.3. The van der Waals surface area contributed by atoms with Crippen LogP contribution < -0.4 is 20.4 Å². The first-order chi connectivity index (χ1) is 17.6. The third-order valence-electron chi connectivity index (χ3n) is 6.76. The molecule has 7 heteroatoms. The molecule has 0 radical (unpaired) electrons. The summed E-state index contributed by atoms with van der Waals surface area (Å²) in [6.07, 6.45) is 11.8. The molecule has 0 aromatic carbocycles. The zero-order valence-corrected chi connectivity index (χ0v) is 21.8. The van der Waals surface area contributed by atoms with Crippen LogP contribution in [0, 0.1) is 20.8 Å². The van der Waals surface area contributed by atoms with Gasteiger partial charge in [0.1, 0.15) is 0 Å². The second-order valence-electron chi connectivity index (χ2n) is 9.23. The molecule has 0 amide bonds. The van der Waals surface area contributed by atoms with E-state index >= 15 is 0 Å². The summed E-state index contributed by atoms with van der Waals surface area (Å²) in [4.78, 5) is 24.9. The van der Waals surface area contributed by atoms with E-state index in [0.29, 0.717) is 18.2 Å². The molecule has 4 rings (SSSR count). The molecule has 5 N–H and O–H groups in total. The van der Waals surface area contributed by atoms with Crippen molar-refractivity contribution in [3.63, 3.8) is 0 Å². The van der Waals surface area contributed by atoms with Gasteiger partial charge in [0, 0.05) is 51.5 Å². The van der Waals surface area contributed by atoms with Gasteiger partial charge in [-0.25, -0.2) is 4.99 Å². The summed E-state index contributed by atoms with van der Waals surface area (Å²) in [6, 6.07) is 0. The first kappa shape index (κ1) is 25.6. The number of nitrogens with one attached hydrogen (secondary N) is 4. The molecule has 7 nitrogen and oxygen atoms in total. The summed E-state index contributed by atoms with van der Waals surface area (Å²) in [5.41, 5.74) is 9.05. The van der Waals surface area contributed by atoms with E-state index in [-0.39, 0.29) is 6.42 Å². The number of carboxylic acids is 1. The number of fused-ring (bicyclic) bond motifs is 6. The zero-order valence-electron chi connectivity index (χ0n) is 21.8. The maximum Gasteiger partial charge on any atom is 0.303 e. The molecule has 3 aromatic heterocycles. The van der Waals surface area contributed by atoms with E-state index in [0.717, 1.165) is 66.7 Å². The molecule has 6 bridgehead atoms. The number of aliphatic carboxylic acids is 1. The summed E-state index contributed by atoms with van der Waals surface area (Å²) in [6.45, 7) is 20.0. The molecular formula is C30H33N4O3+. The Balaban J connectivity index is 2.04. The van der Waals surface area contributed by atoms with Crippen LogP contribution in [0.1, 0.15) is 58.1 Å². The standard InChI is InChI=1S/C30H32N4O3/c1-8-20-19(7)29-34-27(20)15-25-18(6)22(10-11-28(35)36)23(32-25)12-13-31-24(16(3)4)14-26-17(5)21(9-2)30(33-26)37-29/h8-9,12-15,32-34H,1-3,10-11H2,4-7H3,(H,35,36)/p+1. The molecule has 0 unspecified atom stereocenters. The second-order valence-corrected chi connectivity index (χ2v) is 9.23. The lowest BCUT2D eigenvalue weighted by Gasteiger charge is -2.04. The van der Waals surface area contributed by atoms with Gasteiger partial charge in [-0.1, -0.05) is 31.9 Å². The fraction of sp³-hybridized carbons (Fsp3) is 0.200. The van der Waals surface area contributed by atoms with Crippen LogP contribution >= 0.6 is 0 Å². The van der Waals surface area contributed by atoms with Crippen molar-refractivity contribution in [3.8, 4) is 11.8 Å². The van der Waals surface area contributed by atoms with E-state index in [1.54, 1.807) is 12.2 Å². The lowest BCUT2D eigenvalue weighted by molar-refractivity contribution is -0.383. The predicted octanol–water partition coefficient (Wildman–Crippen LogP) is 3.38. The topological polar surface area (TPSA) is 108 Å². The molecule has 0 saturated carbocycles. The molecule has 1 aliphatic rings. The van der Waals surface area contributed by atoms with Crippen LogP contribution in [-0.2, 0) is 11.2 Å². The first-order valence-electron chi connectivity index (χ1n) is 12.1. The highest BCUT2D eigenvalue weighted by atomic mass is 16.5. The summed E-state index contributed by atoms with van der Waals surface area (Å²) in [7, 11) is 0. The number of rotatable bonds is 6. The molecule has 37 heavy (non-hydrogen) atoms. The van der Waals surface area contributed by atoms with Gasteiger partial charge in [-0.05, 0) is 56.9 Å². The van der Waals surface area contributed by atoms with Crippen molar-refractivity contribution in [1.29, 1.82) is 0 Å². The summed E-state index contributed by atoms with van der Waals surface area (Å²) < 4.78 is 6.36. The van der Waals surface area contributed by atoms with Gasteiger partial charge in [0.2, 0.25) is 17.5 Å². The van der Waals surface area contributed by atoms with Crippen LogP contribution in [0.4, 0.5) is 0 Å². The van der Waals surface area contributed by atoms with E-state index in [4.69, 9.17) is 4.74 Å². The third-order valence-corrected chi connectivity index (χ3v) is 6.76. The van der Waals surface area contributed by atoms with Crippen molar-refractivity contribution in [1.82, 2.24) is 15.0 Å². The minimum atomic E-state index is -0.833. The van der Waals surface area contributed by atoms with Gasteiger partial charge in [0.25, 0.3) is 0 Å². The maximum atomic E-state index is 11.3. The van der Waals surface area contributed by atoms with Crippen LogP contribution in [0.5, 0.6) is 11.8 Å². The predicted molar refractivity (Wildman–Crippen MR) is 150 cm³/mol. The van der Waals surface area contributed by atoms with Crippen molar-refractivity contribution in [3.05, 3.63) is 86.5 Å². The van der Waals surface area contributed by atoms with Gasteiger partial charge in [0.05, 0.1) is 11.4 Å². The second kappa shape index (κ2) is 10.2. The highest BCUT2D eigenvalue weighted by Gasteiger charge is 2.19. The lowest BCUT2D eigenvalue weighted by atomic mass is 10.1. The van der Waals surface area contributed by atoms with Gasteiger partial charge in [-0.3, -0.25) is 4.79 Å². The smallest absolute Gasteiger partial charge is 0.303 e. The molecule has 0 fully saturated rings. The van der Waals surface area contributed by atoms with Crippen molar-refractivity contribution in [2.45, 2.75) is 40.5 Å². The van der Waals surface area contributed by atoms with E-state index in [1.807, 2.05) is 52.1 Å². The molecule has 0 saturated heterocycles. The summed E-state index contributed by atoms with van der Waals surface area (Å²) in [5.74, 6) is 0.352. The number of aromatic nitrogens is 3. The third kappa shape index (κ3) is 4.93. The molecule has 3 aromatic rings. The SMILES string of the molecule is C=Cc1c2[nH]c(c1C)Oc1[nH]c(c(C)c1C=C)C=C(C(=C)C)[NH+]=CC=c1[nH]c(c(C)c1CCC(=O)O)=C2. The number of carboxylic acid groups (broad SMARTS) is 1. The Morgan fingerprint density at radius 3 is 2.32 bits per heavy atom. The molecule has 0 atom stereocenters. The minimum Gasteiger partial charge on any atom is -0.481 e. The highest BCUT2D eigenvalue weighted by molar-refractivity contribution is 5.87. The largest absolute Gasteiger partial charge is 0.481 e. The van der Waals surface area contributed by atoms with Crippen molar-refractivity contribution < 1.29 is 19.6 Å². The van der Waals surface area contributed by atoms with Gasteiger partial charge in [-0.2, -0.15) is 0 Å². The van der Waals surface area contributed by atoms with Crippen LogP contribution in [0.15, 0.2) is 31.0 Å². The molecule has 4 heterocycles. The highest BCUT2D eigenvalue weighted by Crippen LogP contribution is 2.34. The monoisotopic (exact) mass is 497 g/mol. The van der Waals surface area contributed by atoms with E-state index < -0.39 is 5.97 Å². The van der Waals surface area contributed by atoms with Crippen molar-refractivity contribution in [2.75, 3.05) is 0 Å². The molecule has 0 aliphatic carbocycles. The zero-order chi connectivity index (χ0) is 26.9. The number of carbonyl (C=O) groups is 1. The minimum absolute atomic E-state index is 0.0423. The number of allylic oxidation sites excluding steroid dienone is 1. The van der Waals surface area contributed by atoms with Gasteiger partial charge in [-0.15, -0.1) is 0 Å². The fourth-order valence-corrected chi connectivity index (χ4v) is 4.57. The van der Waals surface area contributed by atoms with Gasteiger partial charge < -0.3 is 24.8 Å². The summed E-state index contributed by atoms with van der Waals surface area (Å²) in [5, 5.41) is 11.0. The van der Waals surface area contributed by atoms with Crippen LogP contribution in [-0.4, -0.2) is 32.2 Å². The van der Waals surface area contributed by atoms with Gasteiger partial charge >= 0.3 is 5.97 Å². The van der Waals surface area contributed by atoms with Crippen LogP contribution in [0.3, 0.4) is 0 Å². The number of H-pyrrole nitrogens is 3. The van der Waals surface area contributed by atoms with Crippen molar-refractivity contribution in [2.24, 2.45) is 0 Å². The van der Waals surface area contributed by atoms with E-state index in [9.17, 15) is 9.90 Å². The number of aromatic amines is 3. The van der Waals surface area contributed by atoms with Crippen LogP contribution in [0.2, 0.25) is 0 Å². The van der Waals surface area contributed by atoms with Crippen LogP contribution in [0.25, 0.3) is 30.4 Å².